The second-order valence-electron chi connectivity index (χ2n) is 13.1. The minimum absolute atomic E-state index is 0.107. The van der Waals surface area contributed by atoms with Crippen LogP contribution in [0.2, 0.25) is 0 Å². The van der Waals surface area contributed by atoms with Gasteiger partial charge in [0.15, 0.2) is 0 Å². The topological polar surface area (TPSA) is 89.8 Å². The van der Waals surface area contributed by atoms with E-state index in [0.717, 1.165) is 32.1 Å². The Balaban J connectivity index is 1.48. The molecule has 4 fully saturated rings. The van der Waals surface area contributed by atoms with Crippen LogP contribution in [0.3, 0.4) is 0 Å². The second-order valence-corrected chi connectivity index (χ2v) is 13.1. The largest absolute Gasteiger partial charge is 0.396 e. The Hall–Kier alpha value is -0.650. The van der Waals surface area contributed by atoms with Gasteiger partial charge in [-0.25, -0.2) is 0 Å². The number of nitrogens with one attached hydrogen (secondary N) is 1. The zero-order chi connectivity index (χ0) is 24.7. The maximum absolute atomic E-state index is 12.2. The number of hydrogen-bond donors (Lipinski definition) is 4. The van der Waals surface area contributed by atoms with Gasteiger partial charge >= 0.3 is 0 Å². The van der Waals surface area contributed by atoms with Crippen molar-refractivity contribution in [3.63, 3.8) is 0 Å². The predicted octanol–water partition coefficient (Wildman–Crippen LogP) is 4.53. The van der Waals surface area contributed by atoms with Crippen LogP contribution in [0.15, 0.2) is 0 Å². The van der Waals surface area contributed by atoms with E-state index in [9.17, 15) is 15.0 Å². The van der Waals surface area contributed by atoms with Crippen molar-refractivity contribution in [3.05, 3.63) is 0 Å². The van der Waals surface area contributed by atoms with Gasteiger partial charge in [0.2, 0.25) is 5.91 Å². The zero-order valence-corrected chi connectivity index (χ0v) is 22.1. The Morgan fingerprint density at radius 2 is 1.74 bits per heavy atom. The number of rotatable bonds is 8. The summed E-state index contributed by atoms with van der Waals surface area (Å²) in [4.78, 5) is 12.2. The van der Waals surface area contributed by atoms with Crippen molar-refractivity contribution in [2.24, 2.45) is 52.3 Å². The molecule has 0 aromatic heterocycles. The van der Waals surface area contributed by atoms with E-state index in [1.807, 2.05) is 0 Å². The van der Waals surface area contributed by atoms with Gasteiger partial charge in [0.05, 0.1) is 12.2 Å². The highest BCUT2D eigenvalue weighted by atomic mass is 16.3. The summed E-state index contributed by atoms with van der Waals surface area (Å²) >= 11 is 0. The van der Waals surface area contributed by atoms with Crippen molar-refractivity contribution in [2.45, 2.75) is 111 Å². The lowest BCUT2D eigenvalue weighted by Gasteiger charge is -2.64. The van der Waals surface area contributed by atoms with Gasteiger partial charge in [0.1, 0.15) is 0 Å². The molecule has 11 atom stereocenters. The van der Waals surface area contributed by atoms with E-state index in [2.05, 4.69) is 33.0 Å². The molecular formula is C29H51NO4. The monoisotopic (exact) mass is 477 g/mol. The maximum Gasteiger partial charge on any atom is 0.220 e. The molecule has 0 heterocycles. The number of fused-ring (bicyclic) bond motifs is 5. The first-order valence-corrected chi connectivity index (χ1v) is 14.4. The SMILES string of the molecule is CC[C@H]1[C@@H](O)[C@@H]2[C@H](CC[C@]3(C)[C@@H]([C@H](C)CCC(=O)NCCCO)CC[C@@H]23)[C@@]2(C)CC[C@@H](O)C[C@@H]12. The Morgan fingerprint density at radius 1 is 1.03 bits per heavy atom. The maximum atomic E-state index is 12.2. The van der Waals surface area contributed by atoms with E-state index in [4.69, 9.17) is 5.11 Å². The van der Waals surface area contributed by atoms with Gasteiger partial charge in [0.25, 0.3) is 0 Å². The molecule has 0 saturated heterocycles. The van der Waals surface area contributed by atoms with E-state index >= 15 is 0 Å². The molecule has 5 heteroatoms. The van der Waals surface area contributed by atoms with Crippen molar-refractivity contribution in [3.8, 4) is 0 Å². The molecule has 0 aromatic carbocycles. The third kappa shape index (κ3) is 4.47. The lowest BCUT2D eigenvalue weighted by atomic mass is 9.41. The molecule has 0 aromatic rings. The van der Waals surface area contributed by atoms with Gasteiger partial charge in [-0.1, -0.05) is 34.1 Å². The van der Waals surface area contributed by atoms with E-state index in [-0.39, 0.29) is 35.6 Å². The van der Waals surface area contributed by atoms with Crippen molar-refractivity contribution < 1.29 is 20.1 Å². The van der Waals surface area contributed by atoms with Gasteiger partial charge < -0.3 is 20.6 Å². The number of aliphatic hydroxyl groups excluding tert-OH is 3. The average molecular weight is 478 g/mol. The van der Waals surface area contributed by atoms with Crippen molar-refractivity contribution in [2.75, 3.05) is 13.2 Å². The van der Waals surface area contributed by atoms with Crippen LogP contribution in [0, 0.1) is 52.3 Å². The summed E-state index contributed by atoms with van der Waals surface area (Å²) in [7, 11) is 0. The van der Waals surface area contributed by atoms with E-state index < -0.39 is 0 Å². The fourth-order valence-electron chi connectivity index (χ4n) is 9.89. The normalized spacial score (nSPS) is 46.8. The van der Waals surface area contributed by atoms with E-state index in [1.54, 1.807) is 0 Å². The molecule has 4 rings (SSSR count). The molecule has 1 amide bonds. The molecule has 5 nitrogen and oxygen atoms in total. The average Bonchev–Trinajstić information content (AvgIpc) is 3.16. The first kappa shape index (κ1) is 26.4. The highest BCUT2D eigenvalue weighted by Gasteiger charge is 2.64. The molecule has 0 aliphatic heterocycles. The molecule has 0 radical (unpaired) electrons. The summed E-state index contributed by atoms with van der Waals surface area (Å²) in [5.74, 6) is 3.53. The molecule has 0 unspecified atom stereocenters. The van der Waals surface area contributed by atoms with E-state index in [0.29, 0.717) is 60.8 Å². The minimum Gasteiger partial charge on any atom is -0.396 e. The third-order valence-corrected chi connectivity index (χ3v) is 11.6. The van der Waals surface area contributed by atoms with Gasteiger partial charge in [-0.05, 0) is 110 Å². The van der Waals surface area contributed by atoms with Gasteiger partial charge in [-0.15, -0.1) is 0 Å². The Kier molecular flexibility index (Phi) is 8.06. The number of aliphatic hydroxyl groups is 3. The molecule has 4 N–H and O–H groups in total. The second kappa shape index (κ2) is 10.4. The first-order chi connectivity index (χ1) is 16.2. The first-order valence-electron chi connectivity index (χ1n) is 14.4. The van der Waals surface area contributed by atoms with Crippen LogP contribution in [-0.2, 0) is 4.79 Å². The van der Waals surface area contributed by atoms with Crippen LogP contribution in [0.5, 0.6) is 0 Å². The van der Waals surface area contributed by atoms with Crippen LogP contribution < -0.4 is 5.32 Å². The number of carbonyl (C=O) groups is 1. The summed E-state index contributed by atoms with van der Waals surface area (Å²) in [6.45, 7) is 10.3. The molecule has 0 bridgehead atoms. The Bertz CT molecular complexity index is 714. The standard InChI is InChI=1S/C29H51NO4/c1-5-20-24-17-19(32)11-13-29(24,4)23-12-14-28(3)21(8-9-22(28)26(23)27(20)34)18(2)7-10-25(33)30-15-6-16-31/h18-24,26-27,31-32,34H,5-17H2,1-4H3,(H,30,33)/t18-,19-,20-,21-,22+,23+,24+,26+,27-,28-,29-/m1/s1. The third-order valence-electron chi connectivity index (χ3n) is 11.6. The predicted molar refractivity (Wildman–Crippen MR) is 135 cm³/mol. The minimum atomic E-state index is -0.241. The summed E-state index contributed by atoms with van der Waals surface area (Å²) in [6, 6.07) is 0. The lowest BCUT2D eigenvalue weighted by Crippen LogP contribution is -2.62. The molecular weight excluding hydrogens is 426 g/mol. The highest BCUT2D eigenvalue weighted by Crippen LogP contribution is 2.69. The van der Waals surface area contributed by atoms with Gasteiger partial charge in [0, 0.05) is 19.6 Å². The van der Waals surface area contributed by atoms with Crippen molar-refractivity contribution in [1.82, 2.24) is 5.32 Å². The molecule has 4 aliphatic carbocycles. The van der Waals surface area contributed by atoms with Crippen LogP contribution >= 0.6 is 0 Å². The number of hydrogen-bond acceptors (Lipinski definition) is 4. The fourth-order valence-corrected chi connectivity index (χ4v) is 9.89. The highest BCUT2D eigenvalue weighted by molar-refractivity contribution is 5.75. The smallest absolute Gasteiger partial charge is 0.220 e. The van der Waals surface area contributed by atoms with Crippen LogP contribution in [0.25, 0.3) is 0 Å². The van der Waals surface area contributed by atoms with Crippen molar-refractivity contribution in [1.29, 1.82) is 0 Å². The number of amides is 1. The summed E-state index contributed by atoms with van der Waals surface area (Å²) in [5.41, 5.74) is 0.506. The van der Waals surface area contributed by atoms with Crippen molar-refractivity contribution >= 4 is 5.91 Å². The van der Waals surface area contributed by atoms with Gasteiger partial charge in [-0.3, -0.25) is 4.79 Å². The molecule has 4 aliphatic rings. The zero-order valence-electron chi connectivity index (χ0n) is 22.1. The number of carbonyl (C=O) groups excluding carboxylic acids is 1. The Labute approximate surface area is 207 Å². The fraction of sp³-hybridized carbons (Fsp3) is 0.966. The lowest BCUT2D eigenvalue weighted by molar-refractivity contribution is -0.203. The Morgan fingerprint density at radius 3 is 2.44 bits per heavy atom. The van der Waals surface area contributed by atoms with Gasteiger partial charge in [-0.2, -0.15) is 0 Å². The van der Waals surface area contributed by atoms with Crippen LogP contribution in [0.1, 0.15) is 98.3 Å². The summed E-state index contributed by atoms with van der Waals surface area (Å²) < 4.78 is 0. The molecule has 196 valence electrons. The molecule has 4 saturated carbocycles. The van der Waals surface area contributed by atoms with Crippen LogP contribution in [-0.4, -0.2) is 46.6 Å². The summed E-state index contributed by atoms with van der Waals surface area (Å²) in [5, 5.41) is 34.1. The quantitative estimate of drug-likeness (QED) is 0.387. The molecule has 34 heavy (non-hydrogen) atoms. The molecule has 0 spiro atoms. The van der Waals surface area contributed by atoms with Crippen LogP contribution in [0.4, 0.5) is 0 Å². The summed E-state index contributed by atoms with van der Waals surface area (Å²) in [6.07, 6.45) is 10.5. The van der Waals surface area contributed by atoms with E-state index in [1.165, 1.54) is 25.7 Å².